The first-order valence-corrected chi connectivity index (χ1v) is 11.6. The molecule has 3 heterocycles. The van der Waals surface area contributed by atoms with Crippen molar-refractivity contribution in [1.29, 1.82) is 0 Å². The molecule has 0 amide bonds. The minimum atomic E-state index is -0.573. The van der Waals surface area contributed by atoms with Crippen LogP contribution in [-0.2, 0) is 11.8 Å². The SMILES string of the molecule is CC.CCOc1cnc(C2=CCCCC(C(OC)c3nn(-c4cnn(C)c4)ccc3=O)=C2)nc1. The predicted octanol–water partition coefficient (Wildman–Crippen LogP) is 4.06. The van der Waals surface area contributed by atoms with E-state index in [0.717, 1.165) is 36.1 Å². The van der Waals surface area contributed by atoms with Crippen LogP contribution in [0.1, 0.15) is 57.7 Å². The molecule has 4 rings (SSSR count). The fourth-order valence-electron chi connectivity index (χ4n) is 3.68. The molecule has 0 fully saturated rings. The highest BCUT2D eigenvalue weighted by molar-refractivity contribution is 5.71. The van der Waals surface area contributed by atoms with Gasteiger partial charge in [0.05, 0.1) is 31.4 Å². The highest BCUT2D eigenvalue weighted by Crippen LogP contribution is 2.32. The smallest absolute Gasteiger partial charge is 0.206 e. The van der Waals surface area contributed by atoms with Gasteiger partial charge >= 0.3 is 0 Å². The normalized spacial score (nSPS) is 14.3. The molecule has 180 valence electrons. The first kappa shape index (κ1) is 25.0. The Morgan fingerprint density at radius 2 is 1.94 bits per heavy atom. The Morgan fingerprint density at radius 1 is 1.18 bits per heavy atom. The van der Waals surface area contributed by atoms with Crippen LogP contribution in [0.4, 0.5) is 0 Å². The van der Waals surface area contributed by atoms with Gasteiger partial charge < -0.3 is 9.47 Å². The molecule has 0 saturated carbocycles. The number of ether oxygens (including phenoxy) is 2. The van der Waals surface area contributed by atoms with Crippen LogP contribution in [0.15, 0.2) is 59.6 Å². The number of hydrogen-bond acceptors (Lipinski definition) is 7. The van der Waals surface area contributed by atoms with Gasteiger partial charge in [-0.2, -0.15) is 10.2 Å². The molecule has 1 aliphatic carbocycles. The lowest BCUT2D eigenvalue weighted by molar-refractivity contribution is 0.124. The quantitative estimate of drug-likeness (QED) is 0.520. The average molecular weight is 465 g/mol. The number of nitrogens with zero attached hydrogens (tertiary/aromatic N) is 6. The van der Waals surface area contributed by atoms with Crippen molar-refractivity contribution in [3.05, 3.63) is 76.5 Å². The number of hydrogen-bond donors (Lipinski definition) is 0. The zero-order valence-electron chi connectivity index (χ0n) is 20.4. The molecule has 0 radical (unpaired) electrons. The summed E-state index contributed by atoms with van der Waals surface area (Å²) in [5, 5.41) is 8.76. The van der Waals surface area contributed by atoms with Crippen molar-refractivity contribution in [3.63, 3.8) is 0 Å². The molecule has 0 aromatic carbocycles. The zero-order valence-corrected chi connectivity index (χ0v) is 20.4. The number of allylic oxidation sites excluding steroid dienone is 3. The van der Waals surface area contributed by atoms with Crippen LogP contribution in [-0.4, -0.2) is 43.2 Å². The van der Waals surface area contributed by atoms with Crippen LogP contribution in [0.5, 0.6) is 5.75 Å². The lowest BCUT2D eigenvalue weighted by Gasteiger charge is -2.18. The molecular formula is C25H32N6O3. The number of aromatic nitrogens is 6. The van der Waals surface area contributed by atoms with E-state index < -0.39 is 6.10 Å². The summed E-state index contributed by atoms with van der Waals surface area (Å²) in [5.41, 5.74) is 2.78. The third-order valence-electron chi connectivity index (χ3n) is 5.18. The molecule has 1 unspecified atom stereocenters. The highest BCUT2D eigenvalue weighted by Gasteiger charge is 2.23. The first-order chi connectivity index (χ1) is 16.6. The fourth-order valence-corrected chi connectivity index (χ4v) is 3.68. The van der Waals surface area contributed by atoms with Gasteiger partial charge in [0.25, 0.3) is 0 Å². The van der Waals surface area contributed by atoms with Crippen molar-refractivity contribution in [3.8, 4) is 11.4 Å². The van der Waals surface area contributed by atoms with Crippen molar-refractivity contribution in [2.75, 3.05) is 13.7 Å². The lowest BCUT2D eigenvalue weighted by atomic mass is 10.00. The zero-order chi connectivity index (χ0) is 24.5. The van der Waals surface area contributed by atoms with Gasteiger partial charge in [0.1, 0.15) is 17.5 Å². The minimum absolute atomic E-state index is 0.176. The Labute approximate surface area is 199 Å². The number of methoxy groups -OCH3 is 1. The summed E-state index contributed by atoms with van der Waals surface area (Å²) >= 11 is 0. The average Bonchev–Trinajstić information content (AvgIpc) is 3.15. The topological polar surface area (TPSA) is 97.0 Å². The molecule has 0 N–H and O–H groups in total. The second-order valence-electron chi connectivity index (χ2n) is 7.44. The fraction of sp³-hybridized carbons (Fsp3) is 0.400. The Bertz CT molecular complexity index is 1190. The second kappa shape index (κ2) is 12.0. The van der Waals surface area contributed by atoms with E-state index in [9.17, 15) is 4.79 Å². The predicted molar refractivity (Wildman–Crippen MR) is 131 cm³/mol. The summed E-state index contributed by atoms with van der Waals surface area (Å²) in [6, 6.07) is 1.50. The molecule has 9 nitrogen and oxygen atoms in total. The van der Waals surface area contributed by atoms with E-state index in [2.05, 4.69) is 26.2 Å². The van der Waals surface area contributed by atoms with Gasteiger partial charge in [0.15, 0.2) is 11.6 Å². The van der Waals surface area contributed by atoms with Gasteiger partial charge in [-0.15, -0.1) is 0 Å². The molecule has 0 bridgehead atoms. The van der Waals surface area contributed by atoms with Crippen molar-refractivity contribution in [2.45, 2.75) is 46.1 Å². The number of aryl methyl sites for hydroxylation is 1. The Hall–Kier alpha value is -3.59. The molecule has 0 aliphatic heterocycles. The molecule has 3 aromatic rings. The molecule has 3 aromatic heterocycles. The standard InChI is InChI=1S/C23H26N6O3.C2H6/c1-4-32-19-13-24-23(25-14-19)17-8-6-5-7-16(11-17)22(31-3)21-20(30)9-10-29(27-21)18-12-26-28(2)15-18;1-2/h8-15,22H,4-7H2,1-3H3;1-2H3. The summed E-state index contributed by atoms with van der Waals surface area (Å²) in [4.78, 5) is 21.6. The van der Waals surface area contributed by atoms with E-state index in [-0.39, 0.29) is 5.43 Å². The van der Waals surface area contributed by atoms with Crippen LogP contribution >= 0.6 is 0 Å². The summed E-state index contributed by atoms with van der Waals surface area (Å²) < 4.78 is 14.6. The van der Waals surface area contributed by atoms with Crippen LogP contribution in [0.25, 0.3) is 11.3 Å². The third-order valence-corrected chi connectivity index (χ3v) is 5.18. The van der Waals surface area contributed by atoms with E-state index in [0.29, 0.717) is 23.9 Å². The van der Waals surface area contributed by atoms with Crippen molar-refractivity contribution < 1.29 is 9.47 Å². The van der Waals surface area contributed by atoms with E-state index in [1.165, 1.54) is 6.07 Å². The van der Waals surface area contributed by atoms with Gasteiger partial charge in [-0.1, -0.05) is 19.9 Å². The third kappa shape index (κ3) is 5.85. The molecule has 0 saturated heterocycles. The number of rotatable bonds is 7. The van der Waals surface area contributed by atoms with Gasteiger partial charge in [-0.3, -0.25) is 9.48 Å². The van der Waals surface area contributed by atoms with Crippen LogP contribution in [0.3, 0.4) is 0 Å². The Morgan fingerprint density at radius 3 is 2.59 bits per heavy atom. The molecule has 1 aliphatic rings. The Kier molecular flexibility index (Phi) is 8.86. The highest BCUT2D eigenvalue weighted by atomic mass is 16.5. The van der Waals surface area contributed by atoms with Gasteiger partial charge in [0.2, 0.25) is 5.43 Å². The van der Waals surface area contributed by atoms with E-state index in [1.807, 2.05) is 40.1 Å². The van der Waals surface area contributed by atoms with Crippen molar-refractivity contribution in [1.82, 2.24) is 29.5 Å². The maximum absolute atomic E-state index is 12.7. The molecular weight excluding hydrogens is 432 g/mol. The summed E-state index contributed by atoms with van der Waals surface area (Å²) in [5.74, 6) is 1.24. The molecule has 34 heavy (non-hydrogen) atoms. The Balaban J connectivity index is 0.00000158. The molecule has 9 heteroatoms. The summed E-state index contributed by atoms with van der Waals surface area (Å²) in [7, 11) is 3.42. The summed E-state index contributed by atoms with van der Waals surface area (Å²) in [6.07, 6.45) is 14.6. The summed E-state index contributed by atoms with van der Waals surface area (Å²) in [6.45, 7) is 6.48. The van der Waals surface area contributed by atoms with E-state index in [1.54, 1.807) is 41.3 Å². The second-order valence-corrected chi connectivity index (χ2v) is 7.44. The van der Waals surface area contributed by atoms with Gasteiger partial charge in [-0.05, 0) is 37.8 Å². The van der Waals surface area contributed by atoms with E-state index in [4.69, 9.17) is 9.47 Å². The van der Waals surface area contributed by atoms with Crippen LogP contribution in [0.2, 0.25) is 0 Å². The van der Waals surface area contributed by atoms with Crippen LogP contribution < -0.4 is 10.2 Å². The van der Waals surface area contributed by atoms with Gasteiger partial charge in [-0.25, -0.2) is 14.6 Å². The molecule has 1 atom stereocenters. The maximum Gasteiger partial charge on any atom is 0.206 e. The first-order valence-electron chi connectivity index (χ1n) is 11.6. The molecule has 0 spiro atoms. The minimum Gasteiger partial charge on any atom is -0.491 e. The lowest BCUT2D eigenvalue weighted by Crippen LogP contribution is -2.21. The monoisotopic (exact) mass is 464 g/mol. The van der Waals surface area contributed by atoms with Crippen molar-refractivity contribution in [2.24, 2.45) is 7.05 Å². The van der Waals surface area contributed by atoms with Gasteiger partial charge in [0, 0.05) is 32.0 Å². The maximum atomic E-state index is 12.7. The van der Waals surface area contributed by atoms with Crippen LogP contribution in [0, 0.1) is 0 Å². The largest absolute Gasteiger partial charge is 0.491 e. The van der Waals surface area contributed by atoms with E-state index >= 15 is 0 Å². The van der Waals surface area contributed by atoms with Crippen molar-refractivity contribution >= 4 is 5.57 Å².